The molecule has 12 heteroatoms. The van der Waals surface area contributed by atoms with Crippen molar-refractivity contribution >= 4 is 23.9 Å². The van der Waals surface area contributed by atoms with E-state index in [1.807, 2.05) is 0 Å². The highest BCUT2D eigenvalue weighted by molar-refractivity contribution is 6.36. The molecule has 39 heavy (non-hydrogen) atoms. The van der Waals surface area contributed by atoms with E-state index in [-0.39, 0.29) is 43.2 Å². The van der Waals surface area contributed by atoms with Gasteiger partial charge in [-0.2, -0.15) is 0 Å². The van der Waals surface area contributed by atoms with Crippen LogP contribution in [0.5, 0.6) is 11.5 Å². The van der Waals surface area contributed by atoms with Crippen LogP contribution in [0.1, 0.15) is 35.2 Å². The van der Waals surface area contributed by atoms with Gasteiger partial charge >= 0.3 is 0 Å². The summed E-state index contributed by atoms with van der Waals surface area (Å²) in [7, 11) is 1.42. The number of fused-ring (bicyclic) bond motifs is 3. The van der Waals surface area contributed by atoms with Gasteiger partial charge in [0.25, 0.3) is 5.91 Å². The molecule has 12 nitrogen and oxygen atoms in total. The van der Waals surface area contributed by atoms with E-state index in [0.29, 0.717) is 50.3 Å². The molecule has 1 fully saturated rings. The number of ketones is 1. The molecule has 3 aliphatic rings. The average Bonchev–Trinajstić information content (AvgIpc) is 3.36. The SMILES string of the molecule is CCC(=O)C(=O)N(CCN1CCOCC1)C1C=C(C(=O)NCCO)C2c3cc(C=O)cc(OC)c3OC2C1O. The highest BCUT2D eigenvalue weighted by Crippen LogP contribution is 2.51. The van der Waals surface area contributed by atoms with E-state index in [1.165, 1.54) is 24.2 Å². The van der Waals surface area contributed by atoms with Crippen molar-refractivity contribution in [1.29, 1.82) is 0 Å². The number of Topliss-reactive ketones (excluding diaryl/α,β-unsaturated/α-hetero) is 1. The van der Waals surface area contributed by atoms with Crippen LogP contribution in [-0.2, 0) is 19.1 Å². The summed E-state index contributed by atoms with van der Waals surface area (Å²) in [6.07, 6.45) is -0.175. The van der Waals surface area contributed by atoms with E-state index in [9.17, 15) is 29.4 Å². The van der Waals surface area contributed by atoms with Crippen LogP contribution in [0.4, 0.5) is 0 Å². The third kappa shape index (κ3) is 5.83. The Kier molecular flexibility index (Phi) is 9.33. The van der Waals surface area contributed by atoms with E-state index in [1.54, 1.807) is 13.0 Å². The van der Waals surface area contributed by atoms with Gasteiger partial charge in [0.05, 0.1) is 38.9 Å². The number of morpholine rings is 1. The van der Waals surface area contributed by atoms with Crippen molar-refractivity contribution in [1.82, 2.24) is 15.1 Å². The number of methoxy groups -OCH3 is 1. The Bertz CT molecular complexity index is 1130. The van der Waals surface area contributed by atoms with Gasteiger partial charge in [0, 0.05) is 55.8 Å². The number of aliphatic hydroxyl groups excluding tert-OH is 2. The van der Waals surface area contributed by atoms with Gasteiger partial charge in [-0.15, -0.1) is 0 Å². The topological polar surface area (TPSA) is 155 Å². The lowest BCUT2D eigenvalue weighted by atomic mass is 9.77. The zero-order valence-electron chi connectivity index (χ0n) is 22.1. The molecule has 1 aromatic rings. The number of nitrogens with zero attached hydrogens (tertiary/aromatic N) is 2. The van der Waals surface area contributed by atoms with Crippen LogP contribution in [0.15, 0.2) is 23.8 Å². The Labute approximate surface area is 226 Å². The summed E-state index contributed by atoms with van der Waals surface area (Å²) in [6, 6.07) is 2.04. The summed E-state index contributed by atoms with van der Waals surface area (Å²) in [4.78, 5) is 54.2. The molecule has 3 N–H and O–H groups in total. The second-order valence-electron chi connectivity index (χ2n) is 9.63. The Morgan fingerprint density at radius 2 is 2.00 bits per heavy atom. The van der Waals surface area contributed by atoms with Gasteiger partial charge in [-0.1, -0.05) is 6.92 Å². The summed E-state index contributed by atoms with van der Waals surface area (Å²) in [5.74, 6) is -2.12. The molecule has 0 bridgehead atoms. The Balaban J connectivity index is 1.76. The number of ether oxygens (including phenoxy) is 3. The smallest absolute Gasteiger partial charge is 0.290 e. The number of rotatable bonds is 11. The average molecular weight is 546 g/mol. The van der Waals surface area contributed by atoms with Crippen LogP contribution in [0.25, 0.3) is 0 Å². The summed E-state index contributed by atoms with van der Waals surface area (Å²) < 4.78 is 17.0. The molecule has 2 heterocycles. The van der Waals surface area contributed by atoms with Crippen molar-refractivity contribution in [2.75, 3.05) is 59.7 Å². The summed E-state index contributed by atoms with van der Waals surface area (Å²) in [5, 5.41) is 23.5. The minimum Gasteiger partial charge on any atom is -0.493 e. The molecule has 0 saturated carbocycles. The molecule has 4 rings (SSSR count). The fraction of sp³-hybridized carbons (Fsp3) is 0.556. The van der Waals surface area contributed by atoms with E-state index < -0.39 is 41.8 Å². The maximum absolute atomic E-state index is 13.3. The van der Waals surface area contributed by atoms with Gasteiger partial charge in [0.1, 0.15) is 18.5 Å². The van der Waals surface area contributed by atoms with Crippen LogP contribution in [0.3, 0.4) is 0 Å². The maximum Gasteiger partial charge on any atom is 0.290 e. The highest BCUT2D eigenvalue weighted by Gasteiger charge is 2.51. The molecule has 4 unspecified atom stereocenters. The largest absolute Gasteiger partial charge is 0.493 e. The number of aldehydes is 1. The quantitative estimate of drug-likeness (QED) is 0.239. The second kappa shape index (κ2) is 12.7. The van der Waals surface area contributed by atoms with Gasteiger partial charge < -0.3 is 34.6 Å². The lowest BCUT2D eigenvalue weighted by Gasteiger charge is -2.41. The van der Waals surface area contributed by atoms with Crippen molar-refractivity contribution in [3.63, 3.8) is 0 Å². The van der Waals surface area contributed by atoms with E-state index in [4.69, 9.17) is 14.2 Å². The number of carbonyl (C=O) groups is 4. The molecular formula is C27H35N3O9. The van der Waals surface area contributed by atoms with Crippen molar-refractivity contribution in [2.24, 2.45) is 0 Å². The van der Waals surface area contributed by atoms with Crippen LogP contribution in [-0.4, -0.2) is 122 Å². The van der Waals surface area contributed by atoms with Crippen LogP contribution in [0.2, 0.25) is 0 Å². The van der Waals surface area contributed by atoms with E-state index >= 15 is 0 Å². The van der Waals surface area contributed by atoms with Crippen LogP contribution < -0.4 is 14.8 Å². The summed E-state index contributed by atoms with van der Waals surface area (Å²) >= 11 is 0. The van der Waals surface area contributed by atoms with Crippen molar-refractivity contribution in [3.8, 4) is 11.5 Å². The number of hydrogen-bond acceptors (Lipinski definition) is 10. The third-order valence-electron chi connectivity index (χ3n) is 7.35. The lowest BCUT2D eigenvalue weighted by molar-refractivity contribution is -0.148. The number of benzene rings is 1. The Morgan fingerprint density at radius 3 is 2.64 bits per heavy atom. The fourth-order valence-corrected chi connectivity index (χ4v) is 5.33. The molecule has 1 aliphatic carbocycles. The van der Waals surface area contributed by atoms with Crippen LogP contribution in [0, 0.1) is 0 Å². The number of carbonyl (C=O) groups excluding carboxylic acids is 4. The minimum absolute atomic E-state index is 0.0110. The first-order valence-corrected chi connectivity index (χ1v) is 13.1. The predicted octanol–water partition coefficient (Wildman–Crippen LogP) is -0.730. The number of hydrogen-bond donors (Lipinski definition) is 3. The maximum atomic E-state index is 13.3. The van der Waals surface area contributed by atoms with Gasteiger partial charge in [0.15, 0.2) is 11.5 Å². The fourth-order valence-electron chi connectivity index (χ4n) is 5.33. The molecule has 2 amide bonds. The molecular weight excluding hydrogens is 510 g/mol. The molecule has 0 spiro atoms. The minimum atomic E-state index is -1.31. The Morgan fingerprint density at radius 1 is 1.26 bits per heavy atom. The van der Waals surface area contributed by atoms with Crippen molar-refractivity contribution in [3.05, 3.63) is 34.9 Å². The van der Waals surface area contributed by atoms with Gasteiger partial charge in [-0.05, 0) is 18.2 Å². The van der Waals surface area contributed by atoms with Crippen molar-refractivity contribution < 1.29 is 43.6 Å². The molecule has 2 aliphatic heterocycles. The number of amides is 2. The monoisotopic (exact) mass is 545 g/mol. The second-order valence-corrected chi connectivity index (χ2v) is 9.63. The molecule has 4 atom stereocenters. The van der Waals surface area contributed by atoms with E-state index in [0.717, 1.165) is 0 Å². The predicted molar refractivity (Wildman–Crippen MR) is 138 cm³/mol. The first kappa shape index (κ1) is 28.7. The molecule has 0 radical (unpaired) electrons. The Hall–Kier alpha value is -3.32. The zero-order chi connectivity index (χ0) is 28.1. The molecule has 1 saturated heterocycles. The number of nitrogens with one attached hydrogen (secondary N) is 1. The summed E-state index contributed by atoms with van der Waals surface area (Å²) in [5.41, 5.74) is 0.985. The lowest BCUT2D eigenvalue weighted by Crippen LogP contribution is -2.58. The molecule has 0 aromatic heterocycles. The first-order valence-electron chi connectivity index (χ1n) is 13.1. The highest BCUT2D eigenvalue weighted by atomic mass is 16.5. The standard InChI is InChI=1S/C27H35N3O9/c1-3-20(33)27(36)30(6-5-29-7-10-38-11-8-29)19-14-18(26(35)28-4-9-31)22-17-12-16(15-32)13-21(37-2)24(17)39-25(22)23(19)34/h12-15,19,22-23,25,31,34H,3-11H2,1-2H3,(H,28,35). The van der Waals surface area contributed by atoms with E-state index in [2.05, 4.69) is 10.2 Å². The third-order valence-corrected chi connectivity index (χ3v) is 7.35. The zero-order valence-corrected chi connectivity index (χ0v) is 22.1. The van der Waals surface area contributed by atoms with Gasteiger partial charge in [0.2, 0.25) is 11.7 Å². The first-order chi connectivity index (χ1) is 18.8. The molecule has 212 valence electrons. The molecule has 1 aromatic carbocycles. The normalized spacial score (nSPS) is 24.1. The van der Waals surface area contributed by atoms with Gasteiger partial charge in [-0.25, -0.2) is 0 Å². The number of aliphatic hydroxyl groups is 2. The van der Waals surface area contributed by atoms with Crippen molar-refractivity contribution in [2.45, 2.75) is 37.5 Å². The van der Waals surface area contributed by atoms with Crippen LogP contribution >= 0.6 is 0 Å². The van der Waals surface area contributed by atoms with Gasteiger partial charge in [-0.3, -0.25) is 24.1 Å². The summed E-state index contributed by atoms with van der Waals surface area (Å²) in [6.45, 7) is 4.33.